The fourth-order valence-electron chi connectivity index (χ4n) is 6.41. The Hall–Kier alpha value is -5.97. The zero-order valence-electron chi connectivity index (χ0n) is 25.3. The lowest BCUT2D eigenvalue weighted by atomic mass is 9.99. The van der Waals surface area contributed by atoms with Gasteiger partial charge in [0.1, 0.15) is 0 Å². The Morgan fingerprint density at radius 3 is 1.72 bits per heavy atom. The monoisotopic (exact) mass is 617 g/mol. The summed E-state index contributed by atoms with van der Waals surface area (Å²) in [6, 6.07) is 57.0. The Morgan fingerprint density at radius 2 is 0.979 bits per heavy atom. The molecule has 47 heavy (non-hydrogen) atoms. The van der Waals surface area contributed by atoms with Crippen molar-refractivity contribution in [3.8, 4) is 56.3 Å². The Labute approximate surface area is 276 Å². The van der Waals surface area contributed by atoms with Crippen molar-refractivity contribution in [2.75, 3.05) is 0 Å². The second-order valence-corrected chi connectivity index (χ2v) is 12.7. The number of para-hydroxylation sites is 1. The number of hydrogen-bond donors (Lipinski definition) is 0. The van der Waals surface area contributed by atoms with Gasteiger partial charge in [-0.25, -0.2) is 15.0 Å². The highest BCUT2D eigenvalue weighted by molar-refractivity contribution is 7.26. The van der Waals surface area contributed by atoms with Crippen molar-refractivity contribution < 1.29 is 0 Å². The Balaban J connectivity index is 1.29. The third kappa shape index (κ3) is 4.87. The van der Waals surface area contributed by atoms with Crippen LogP contribution < -0.4 is 0 Å². The lowest BCUT2D eigenvalue weighted by Crippen LogP contribution is -1.97. The van der Waals surface area contributed by atoms with Gasteiger partial charge in [-0.2, -0.15) is 0 Å². The third-order valence-electron chi connectivity index (χ3n) is 8.71. The minimum Gasteiger partial charge on any atom is -0.246 e. The van der Waals surface area contributed by atoms with Crippen molar-refractivity contribution in [1.82, 2.24) is 15.0 Å². The highest BCUT2D eigenvalue weighted by Crippen LogP contribution is 2.44. The number of fused-ring (bicyclic) bond motifs is 5. The number of aromatic nitrogens is 3. The zero-order valence-corrected chi connectivity index (χ0v) is 26.2. The first-order valence-corrected chi connectivity index (χ1v) is 16.5. The number of pyridine rings is 1. The van der Waals surface area contributed by atoms with E-state index in [1.54, 1.807) is 0 Å². The van der Waals surface area contributed by atoms with Gasteiger partial charge >= 0.3 is 0 Å². The van der Waals surface area contributed by atoms with Gasteiger partial charge in [-0.15, -0.1) is 11.3 Å². The molecule has 4 heteroatoms. The maximum atomic E-state index is 5.47. The molecule has 0 amide bonds. The standard InChI is InChI=1S/C43H27N3S/c1-4-13-28(14-5-1)29-23-25-32(26-24-29)43-44-36(30-15-6-2-7-16-30)27-37(45-43)33-20-12-21-35-41(33)46-40(31-17-8-3-9-18-31)39-34-19-10-11-22-38(34)47-42(35)39/h1-27H. The lowest BCUT2D eigenvalue weighted by Gasteiger charge is -2.13. The minimum atomic E-state index is 0.684. The van der Waals surface area contributed by atoms with Crippen LogP contribution in [0.5, 0.6) is 0 Å². The Kier molecular flexibility index (Phi) is 6.65. The number of benzene rings is 6. The van der Waals surface area contributed by atoms with Gasteiger partial charge in [-0.05, 0) is 23.3 Å². The van der Waals surface area contributed by atoms with Gasteiger partial charge in [-0.3, -0.25) is 0 Å². The number of hydrogen-bond acceptors (Lipinski definition) is 4. The first kappa shape index (κ1) is 27.3. The molecule has 220 valence electrons. The van der Waals surface area contributed by atoms with Gasteiger partial charge < -0.3 is 0 Å². The molecule has 3 nitrogen and oxygen atoms in total. The van der Waals surface area contributed by atoms with Gasteiger partial charge in [-0.1, -0.05) is 152 Å². The molecule has 0 fully saturated rings. The van der Waals surface area contributed by atoms with Gasteiger partial charge in [0.05, 0.1) is 22.6 Å². The maximum absolute atomic E-state index is 5.47. The molecule has 0 radical (unpaired) electrons. The molecule has 0 N–H and O–H groups in total. The molecule has 9 rings (SSSR count). The van der Waals surface area contributed by atoms with Crippen molar-refractivity contribution >= 4 is 42.4 Å². The van der Waals surface area contributed by atoms with Crippen LogP contribution in [0.25, 0.3) is 87.4 Å². The molecule has 0 aliphatic rings. The van der Waals surface area contributed by atoms with Crippen LogP contribution in [0.4, 0.5) is 0 Å². The van der Waals surface area contributed by atoms with E-state index in [9.17, 15) is 0 Å². The summed E-state index contributed by atoms with van der Waals surface area (Å²) in [6.07, 6.45) is 0. The summed E-state index contributed by atoms with van der Waals surface area (Å²) in [6.45, 7) is 0. The van der Waals surface area contributed by atoms with Gasteiger partial charge in [0.15, 0.2) is 5.82 Å². The first-order valence-electron chi connectivity index (χ1n) is 15.7. The zero-order chi connectivity index (χ0) is 31.2. The Morgan fingerprint density at radius 1 is 0.404 bits per heavy atom. The van der Waals surface area contributed by atoms with Crippen molar-refractivity contribution in [1.29, 1.82) is 0 Å². The van der Waals surface area contributed by atoms with Crippen molar-refractivity contribution in [3.05, 3.63) is 164 Å². The molecule has 3 aromatic heterocycles. The predicted octanol–water partition coefficient (Wildman–Crippen LogP) is 11.7. The first-order chi connectivity index (χ1) is 23.3. The molecule has 3 heterocycles. The molecular formula is C43H27N3S. The SMILES string of the molecule is c1ccc(-c2ccc(-c3nc(-c4ccccc4)cc(-c4cccc5c4nc(-c4ccccc4)c4c6ccccc6sc54)n3)cc2)cc1. The summed E-state index contributed by atoms with van der Waals surface area (Å²) in [5, 5.41) is 3.57. The summed E-state index contributed by atoms with van der Waals surface area (Å²) in [5.41, 5.74) is 10.1. The maximum Gasteiger partial charge on any atom is 0.160 e. The van der Waals surface area contributed by atoms with E-state index in [0.29, 0.717) is 5.82 Å². The van der Waals surface area contributed by atoms with E-state index in [1.807, 2.05) is 23.5 Å². The van der Waals surface area contributed by atoms with Gasteiger partial charge in [0, 0.05) is 47.8 Å². The molecule has 6 aromatic carbocycles. The fourth-order valence-corrected chi connectivity index (χ4v) is 7.64. The predicted molar refractivity (Wildman–Crippen MR) is 197 cm³/mol. The number of nitrogens with zero attached hydrogens (tertiary/aromatic N) is 3. The molecule has 0 saturated heterocycles. The topological polar surface area (TPSA) is 38.7 Å². The third-order valence-corrected chi connectivity index (χ3v) is 9.91. The second-order valence-electron chi connectivity index (χ2n) is 11.6. The Bertz CT molecular complexity index is 2540. The number of thiophene rings is 1. The van der Waals surface area contributed by atoms with E-state index in [1.165, 1.54) is 25.7 Å². The summed E-state index contributed by atoms with van der Waals surface area (Å²) < 4.78 is 2.50. The lowest BCUT2D eigenvalue weighted by molar-refractivity contribution is 1.18. The van der Waals surface area contributed by atoms with Crippen molar-refractivity contribution in [2.24, 2.45) is 0 Å². The molecule has 0 aliphatic heterocycles. The van der Waals surface area contributed by atoms with E-state index in [2.05, 4.69) is 152 Å². The molecule has 0 spiro atoms. The average molecular weight is 618 g/mol. The van der Waals surface area contributed by atoms with Crippen LogP contribution >= 0.6 is 11.3 Å². The van der Waals surface area contributed by atoms with Gasteiger partial charge in [0.25, 0.3) is 0 Å². The van der Waals surface area contributed by atoms with E-state index in [-0.39, 0.29) is 0 Å². The largest absolute Gasteiger partial charge is 0.246 e. The smallest absolute Gasteiger partial charge is 0.160 e. The van der Waals surface area contributed by atoms with Crippen LogP contribution in [-0.4, -0.2) is 15.0 Å². The number of rotatable bonds is 5. The van der Waals surface area contributed by atoms with Crippen LogP contribution in [0.1, 0.15) is 0 Å². The minimum absolute atomic E-state index is 0.684. The quantitative estimate of drug-likeness (QED) is 0.193. The fraction of sp³-hybridized carbons (Fsp3) is 0. The highest BCUT2D eigenvalue weighted by Gasteiger charge is 2.20. The van der Waals surface area contributed by atoms with Gasteiger partial charge in [0.2, 0.25) is 0 Å². The van der Waals surface area contributed by atoms with Crippen LogP contribution in [0.2, 0.25) is 0 Å². The highest BCUT2D eigenvalue weighted by atomic mass is 32.1. The molecule has 0 unspecified atom stereocenters. The van der Waals surface area contributed by atoms with Crippen LogP contribution in [-0.2, 0) is 0 Å². The molecule has 0 saturated carbocycles. The second kappa shape index (κ2) is 11.4. The molecule has 0 atom stereocenters. The van der Waals surface area contributed by atoms with E-state index >= 15 is 0 Å². The normalized spacial score (nSPS) is 11.4. The molecule has 9 aromatic rings. The van der Waals surface area contributed by atoms with Crippen LogP contribution in [0.15, 0.2) is 164 Å². The average Bonchev–Trinajstić information content (AvgIpc) is 3.55. The van der Waals surface area contributed by atoms with Crippen LogP contribution in [0, 0.1) is 0 Å². The summed E-state index contributed by atoms with van der Waals surface area (Å²) in [7, 11) is 0. The molecular weight excluding hydrogens is 591 g/mol. The summed E-state index contributed by atoms with van der Waals surface area (Å²) >= 11 is 1.83. The van der Waals surface area contributed by atoms with E-state index in [0.717, 1.165) is 55.8 Å². The summed E-state index contributed by atoms with van der Waals surface area (Å²) in [5.74, 6) is 0.684. The van der Waals surface area contributed by atoms with E-state index in [4.69, 9.17) is 15.0 Å². The molecule has 0 bridgehead atoms. The molecule has 0 aliphatic carbocycles. The van der Waals surface area contributed by atoms with Crippen LogP contribution in [0.3, 0.4) is 0 Å². The van der Waals surface area contributed by atoms with Crippen molar-refractivity contribution in [2.45, 2.75) is 0 Å². The van der Waals surface area contributed by atoms with E-state index < -0.39 is 0 Å². The van der Waals surface area contributed by atoms with Crippen molar-refractivity contribution in [3.63, 3.8) is 0 Å². The summed E-state index contributed by atoms with van der Waals surface area (Å²) in [4.78, 5) is 15.8.